The van der Waals surface area contributed by atoms with E-state index in [1.807, 2.05) is 102 Å². The Labute approximate surface area is 240 Å². The predicted octanol–water partition coefficient (Wildman–Crippen LogP) is 7.42. The molecule has 1 fully saturated rings. The highest BCUT2D eigenvalue weighted by atomic mass is 79.9. The SMILES string of the molecule is O=C(c1ccc(Nc2nc(-c3ccccc3)c3cc(Br)ccc3n2)cc1)N1CCN(c2ccccc2Cl)CC1. The lowest BCUT2D eigenvalue weighted by atomic mass is 10.1. The van der Waals surface area contributed by atoms with E-state index in [-0.39, 0.29) is 5.91 Å². The van der Waals surface area contributed by atoms with Gasteiger partial charge in [0, 0.05) is 52.9 Å². The van der Waals surface area contributed by atoms with Gasteiger partial charge in [-0.2, -0.15) is 0 Å². The smallest absolute Gasteiger partial charge is 0.253 e. The van der Waals surface area contributed by atoms with E-state index in [0.717, 1.165) is 56.1 Å². The Bertz CT molecular complexity index is 1640. The van der Waals surface area contributed by atoms with Crippen molar-refractivity contribution in [1.29, 1.82) is 0 Å². The van der Waals surface area contributed by atoms with Crippen molar-refractivity contribution < 1.29 is 4.79 Å². The zero-order chi connectivity index (χ0) is 26.8. The number of para-hydroxylation sites is 1. The van der Waals surface area contributed by atoms with Crippen molar-refractivity contribution in [2.24, 2.45) is 0 Å². The number of fused-ring (bicyclic) bond motifs is 1. The van der Waals surface area contributed by atoms with E-state index >= 15 is 0 Å². The van der Waals surface area contributed by atoms with Crippen molar-refractivity contribution in [3.63, 3.8) is 0 Å². The van der Waals surface area contributed by atoms with Gasteiger partial charge in [0.25, 0.3) is 5.91 Å². The van der Waals surface area contributed by atoms with E-state index in [1.165, 1.54) is 0 Å². The van der Waals surface area contributed by atoms with Crippen LogP contribution in [-0.4, -0.2) is 47.0 Å². The zero-order valence-electron chi connectivity index (χ0n) is 21.0. The number of aromatic nitrogens is 2. The summed E-state index contributed by atoms with van der Waals surface area (Å²) in [4.78, 5) is 26.9. The highest BCUT2D eigenvalue weighted by Gasteiger charge is 2.23. The Hall–Kier alpha value is -3.94. The normalized spacial score (nSPS) is 13.5. The molecule has 0 spiro atoms. The van der Waals surface area contributed by atoms with Crippen LogP contribution >= 0.6 is 27.5 Å². The summed E-state index contributed by atoms with van der Waals surface area (Å²) in [7, 11) is 0. The van der Waals surface area contributed by atoms with Crippen molar-refractivity contribution in [3.05, 3.63) is 112 Å². The monoisotopic (exact) mass is 597 g/mol. The Morgan fingerprint density at radius 3 is 2.28 bits per heavy atom. The predicted molar refractivity (Wildman–Crippen MR) is 162 cm³/mol. The maximum Gasteiger partial charge on any atom is 0.253 e. The molecule has 1 aliphatic rings. The molecule has 0 aliphatic carbocycles. The second-order valence-electron chi connectivity index (χ2n) is 9.36. The molecule has 1 aliphatic heterocycles. The first-order valence-electron chi connectivity index (χ1n) is 12.7. The van der Waals surface area contributed by atoms with Crippen LogP contribution in [0.1, 0.15) is 10.4 Å². The fourth-order valence-electron chi connectivity index (χ4n) is 4.84. The molecule has 6 rings (SSSR count). The zero-order valence-corrected chi connectivity index (χ0v) is 23.4. The van der Waals surface area contributed by atoms with Crippen molar-refractivity contribution in [2.45, 2.75) is 0 Å². The topological polar surface area (TPSA) is 61.4 Å². The van der Waals surface area contributed by atoms with Gasteiger partial charge in [-0.05, 0) is 54.6 Å². The van der Waals surface area contributed by atoms with Crippen molar-refractivity contribution >= 4 is 61.7 Å². The lowest BCUT2D eigenvalue weighted by Gasteiger charge is -2.36. The summed E-state index contributed by atoms with van der Waals surface area (Å²) in [6, 6.07) is 31.4. The summed E-state index contributed by atoms with van der Waals surface area (Å²) in [6.07, 6.45) is 0. The van der Waals surface area contributed by atoms with Gasteiger partial charge >= 0.3 is 0 Å². The number of nitrogens with zero attached hydrogens (tertiary/aromatic N) is 4. The van der Waals surface area contributed by atoms with Gasteiger partial charge in [0.1, 0.15) is 0 Å². The summed E-state index contributed by atoms with van der Waals surface area (Å²) in [5.74, 6) is 0.526. The quantitative estimate of drug-likeness (QED) is 0.228. The van der Waals surface area contributed by atoms with Crippen LogP contribution in [0.2, 0.25) is 5.02 Å². The minimum Gasteiger partial charge on any atom is -0.367 e. The van der Waals surface area contributed by atoms with Crippen LogP contribution in [0.4, 0.5) is 17.3 Å². The molecule has 2 heterocycles. The van der Waals surface area contributed by atoms with Crippen LogP contribution in [0.15, 0.2) is 102 Å². The standard InChI is InChI=1S/C31H25BrClN5O/c32-23-12-15-27-25(20-23)29(21-6-2-1-3-7-21)36-31(35-27)34-24-13-10-22(11-14-24)30(39)38-18-16-37(17-19-38)28-9-5-4-8-26(28)33/h1-15,20H,16-19H2,(H,34,35,36). The summed E-state index contributed by atoms with van der Waals surface area (Å²) in [6.45, 7) is 2.78. The third kappa shape index (κ3) is 5.46. The number of anilines is 3. The van der Waals surface area contributed by atoms with Crippen LogP contribution < -0.4 is 10.2 Å². The Morgan fingerprint density at radius 1 is 0.821 bits per heavy atom. The molecule has 5 aromatic rings. The van der Waals surface area contributed by atoms with Crippen molar-refractivity contribution in [3.8, 4) is 11.3 Å². The van der Waals surface area contributed by atoms with E-state index in [2.05, 4.69) is 26.1 Å². The van der Waals surface area contributed by atoms with Gasteiger partial charge < -0.3 is 15.1 Å². The molecule has 0 atom stereocenters. The van der Waals surface area contributed by atoms with Crippen LogP contribution in [-0.2, 0) is 0 Å². The minimum absolute atomic E-state index is 0.0271. The maximum absolute atomic E-state index is 13.2. The third-order valence-electron chi connectivity index (χ3n) is 6.85. The van der Waals surface area contributed by atoms with Crippen LogP contribution in [0.25, 0.3) is 22.2 Å². The summed E-state index contributed by atoms with van der Waals surface area (Å²) >= 11 is 9.93. The first-order chi connectivity index (χ1) is 19.0. The molecule has 1 aromatic heterocycles. The van der Waals surface area contributed by atoms with Gasteiger partial charge in [0.15, 0.2) is 0 Å². The second kappa shape index (κ2) is 11.0. The summed E-state index contributed by atoms with van der Waals surface area (Å²) < 4.78 is 0.974. The minimum atomic E-state index is 0.0271. The summed E-state index contributed by atoms with van der Waals surface area (Å²) in [5.41, 5.74) is 5.19. The van der Waals surface area contributed by atoms with E-state index in [1.54, 1.807) is 0 Å². The first kappa shape index (κ1) is 25.3. The highest BCUT2D eigenvalue weighted by molar-refractivity contribution is 9.10. The van der Waals surface area contributed by atoms with Crippen molar-refractivity contribution in [2.75, 3.05) is 36.4 Å². The molecule has 8 heteroatoms. The molecule has 0 unspecified atom stereocenters. The van der Waals surface area contributed by atoms with Gasteiger partial charge in [-0.1, -0.05) is 70.0 Å². The number of hydrogen-bond donors (Lipinski definition) is 1. The molecule has 0 radical (unpaired) electrons. The van der Waals surface area contributed by atoms with E-state index in [9.17, 15) is 4.79 Å². The highest BCUT2D eigenvalue weighted by Crippen LogP contribution is 2.30. The molecule has 1 N–H and O–H groups in total. The van der Waals surface area contributed by atoms with E-state index in [4.69, 9.17) is 21.6 Å². The van der Waals surface area contributed by atoms with Crippen LogP contribution in [0.3, 0.4) is 0 Å². The molecular weight excluding hydrogens is 574 g/mol. The number of carbonyl (C=O) groups is 1. The Kier molecular flexibility index (Phi) is 7.18. The number of hydrogen-bond acceptors (Lipinski definition) is 5. The second-order valence-corrected chi connectivity index (χ2v) is 10.7. The van der Waals surface area contributed by atoms with Crippen molar-refractivity contribution in [1.82, 2.24) is 14.9 Å². The van der Waals surface area contributed by atoms with Crippen LogP contribution in [0, 0.1) is 0 Å². The average molecular weight is 599 g/mol. The number of rotatable bonds is 5. The van der Waals surface area contributed by atoms with E-state index < -0.39 is 0 Å². The van der Waals surface area contributed by atoms with Gasteiger partial charge in [0.2, 0.25) is 5.95 Å². The Balaban J connectivity index is 1.17. The van der Waals surface area contributed by atoms with E-state index in [0.29, 0.717) is 24.6 Å². The number of carbonyl (C=O) groups excluding carboxylic acids is 1. The number of amides is 1. The third-order valence-corrected chi connectivity index (χ3v) is 7.67. The lowest BCUT2D eigenvalue weighted by molar-refractivity contribution is 0.0747. The number of piperazine rings is 1. The first-order valence-corrected chi connectivity index (χ1v) is 13.9. The number of nitrogens with one attached hydrogen (secondary N) is 1. The molecule has 1 saturated heterocycles. The van der Waals surface area contributed by atoms with Crippen LogP contribution in [0.5, 0.6) is 0 Å². The molecule has 0 bridgehead atoms. The number of benzene rings is 4. The summed E-state index contributed by atoms with van der Waals surface area (Å²) in [5, 5.41) is 5.02. The lowest BCUT2D eigenvalue weighted by Crippen LogP contribution is -2.48. The molecule has 6 nitrogen and oxygen atoms in total. The van der Waals surface area contributed by atoms with Gasteiger partial charge in [0.05, 0.1) is 21.9 Å². The molecule has 4 aromatic carbocycles. The van der Waals surface area contributed by atoms with Gasteiger partial charge in [-0.3, -0.25) is 4.79 Å². The molecule has 1 amide bonds. The molecule has 0 saturated carbocycles. The fraction of sp³-hybridized carbons (Fsp3) is 0.129. The molecule has 39 heavy (non-hydrogen) atoms. The number of halogens is 2. The largest absolute Gasteiger partial charge is 0.367 e. The van der Waals surface area contributed by atoms with Gasteiger partial charge in [-0.15, -0.1) is 0 Å². The average Bonchev–Trinajstić information content (AvgIpc) is 2.98. The Morgan fingerprint density at radius 2 is 1.54 bits per heavy atom. The maximum atomic E-state index is 13.2. The van der Waals surface area contributed by atoms with Gasteiger partial charge in [-0.25, -0.2) is 9.97 Å². The molecular formula is C31H25BrClN5O. The fourth-order valence-corrected chi connectivity index (χ4v) is 5.46. The molecule has 194 valence electrons.